The molecule has 4 aromatic rings. The molecule has 1 aromatic heterocycles. The van der Waals surface area contributed by atoms with Crippen molar-refractivity contribution in [1.82, 2.24) is 14.8 Å². The molecule has 0 saturated heterocycles. The van der Waals surface area contributed by atoms with E-state index >= 15 is 0 Å². The Morgan fingerprint density at radius 2 is 1.62 bits per heavy atom. The van der Waals surface area contributed by atoms with Gasteiger partial charge in [0.05, 0.1) is 11.3 Å². The SMILES string of the molecule is CCN(CC)c1ccc(NC(=O)CSc2nnc(-c3ccccc3F)n2-c2ccccc2)cc1. The number of para-hydroxylation sites is 1. The van der Waals surface area contributed by atoms with Gasteiger partial charge in [0.2, 0.25) is 5.91 Å². The predicted octanol–water partition coefficient (Wildman–Crippen LogP) is 5.65. The lowest BCUT2D eigenvalue weighted by molar-refractivity contribution is -0.113. The Balaban J connectivity index is 1.51. The molecule has 3 aromatic carbocycles. The Kier molecular flexibility index (Phi) is 7.59. The number of carbonyl (C=O) groups is 1. The minimum atomic E-state index is -0.380. The summed E-state index contributed by atoms with van der Waals surface area (Å²) >= 11 is 1.25. The Morgan fingerprint density at radius 3 is 2.29 bits per heavy atom. The van der Waals surface area contributed by atoms with Crippen molar-refractivity contribution in [3.8, 4) is 17.1 Å². The van der Waals surface area contributed by atoms with Crippen LogP contribution >= 0.6 is 11.8 Å². The Morgan fingerprint density at radius 1 is 0.941 bits per heavy atom. The van der Waals surface area contributed by atoms with Crippen molar-refractivity contribution < 1.29 is 9.18 Å². The summed E-state index contributed by atoms with van der Waals surface area (Å²) in [5.74, 6) is -0.00980. The zero-order valence-electron chi connectivity index (χ0n) is 19.1. The van der Waals surface area contributed by atoms with E-state index in [0.717, 1.165) is 30.2 Å². The second-order valence-electron chi connectivity index (χ2n) is 7.51. The third-order valence-corrected chi connectivity index (χ3v) is 6.30. The van der Waals surface area contributed by atoms with Gasteiger partial charge in [0.15, 0.2) is 11.0 Å². The molecule has 1 N–H and O–H groups in total. The summed E-state index contributed by atoms with van der Waals surface area (Å²) in [4.78, 5) is 14.9. The fourth-order valence-electron chi connectivity index (χ4n) is 3.66. The van der Waals surface area contributed by atoms with Crippen molar-refractivity contribution in [2.75, 3.05) is 29.1 Å². The molecule has 4 rings (SSSR count). The van der Waals surface area contributed by atoms with E-state index in [-0.39, 0.29) is 17.5 Å². The second-order valence-corrected chi connectivity index (χ2v) is 8.46. The number of halogens is 1. The highest BCUT2D eigenvalue weighted by Crippen LogP contribution is 2.29. The van der Waals surface area contributed by atoms with Gasteiger partial charge in [-0.15, -0.1) is 10.2 Å². The number of nitrogens with zero attached hydrogens (tertiary/aromatic N) is 4. The van der Waals surface area contributed by atoms with Gasteiger partial charge >= 0.3 is 0 Å². The van der Waals surface area contributed by atoms with Crippen molar-refractivity contribution >= 4 is 29.0 Å². The van der Waals surface area contributed by atoms with E-state index < -0.39 is 0 Å². The van der Waals surface area contributed by atoms with Gasteiger partial charge in [-0.05, 0) is 62.4 Å². The van der Waals surface area contributed by atoms with Crippen molar-refractivity contribution in [1.29, 1.82) is 0 Å². The number of hydrogen-bond acceptors (Lipinski definition) is 5. The van der Waals surface area contributed by atoms with E-state index in [9.17, 15) is 9.18 Å². The largest absolute Gasteiger partial charge is 0.372 e. The van der Waals surface area contributed by atoms with Gasteiger partial charge in [-0.1, -0.05) is 42.1 Å². The molecule has 34 heavy (non-hydrogen) atoms. The fourth-order valence-corrected chi connectivity index (χ4v) is 4.41. The summed E-state index contributed by atoms with van der Waals surface area (Å²) in [6, 6.07) is 23.8. The fraction of sp³-hybridized carbons (Fsp3) is 0.192. The number of rotatable bonds is 9. The van der Waals surface area contributed by atoms with E-state index in [1.54, 1.807) is 22.8 Å². The number of aromatic nitrogens is 3. The van der Waals surface area contributed by atoms with Gasteiger partial charge in [-0.25, -0.2) is 4.39 Å². The van der Waals surface area contributed by atoms with Crippen molar-refractivity contribution in [2.45, 2.75) is 19.0 Å². The topological polar surface area (TPSA) is 63.1 Å². The number of amides is 1. The van der Waals surface area contributed by atoms with Crippen LogP contribution in [0.5, 0.6) is 0 Å². The molecule has 1 heterocycles. The van der Waals surface area contributed by atoms with E-state index in [0.29, 0.717) is 16.5 Å². The highest BCUT2D eigenvalue weighted by atomic mass is 32.2. The van der Waals surface area contributed by atoms with Gasteiger partial charge in [0.1, 0.15) is 5.82 Å². The first-order valence-corrected chi connectivity index (χ1v) is 12.1. The zero-order chi connectivity index (χ0) is 23.9. The Labute approximate surface area is 202 Å². The van der Waals surface area contributed by atoms with Crippen LogP contribution in [0, 0.1) is 5.82 Å². The molecule has 1 amide bonds. The van der Waals surface area contributed by atoms with Crippen LogP contribution in [0.15, 0.2) is 84.0 Å². The predicted molar refractivity (Wildman–Crippen MR) is 136 cm³/mol. The Bertz CT molecular complexity index is 1240. The summed E-state index contributed by atoms with van der Waals surface area (Å²) in [6.45, 7) is 6.08. The average molecular weight is 476 g/mol. The molecule has 0 fully saturated rings. The van der Waals surface area contributed by atoms with E-state index in [4.69, 9.17) is 0 Å². The second kappa shape index (κ2) is 11.0. The third-order valence-electron chi connectivity index (χ3n) is 5.37. The van der Waals surface area contributed by atoms with E-state index in [1.807, 2.05) is 54.6 Å². The molecule has 0 aliphatic carbocycles. The first-order valence-electron chi connectivity index (χ1n) is 11.1. The normalized spacial score (nSPS) is 10.8. The number of carbonyl (C=O) groups excluding carboxylic acids is 1. The highest BCUT2D eigenvalue weighted by Gasteiger charge is 2.19. The lowest BCUT2D eigenvalue weighted by Gasteiger charge is -2.21. The number of benzene rings is 3. The van der Waals surface area contributed by atoms with Gasteiger partial charge < -0.3 is 10.2 Å². The quantitative estimate of drug-likeness (QED) is 0.317. The van der Waals surface area contributed by atoms with Gasteiger partial charge in [-0.3, -0.25) is 9.36 Å². The van der Waals surface area contributed by atoms with Crippen molar-refractivity contribution in [3.63, 3.8) is 0 Å². The molecular formula is C26H26FN5OS. The van der Waals surface area contributed by atoms with Crippen LogP contribution in [0.2, 0.25) is 0 Å². The van der Waals surface area contributed by atoms with Crippen LogP contribution in [0.4, 0.5) is 15.8 Å². The Hall–Kier alpha value is -3.65. The van der Waals surface area contributed by atoms with Crippen LogP contribution < -0.4 is 10.2 Å². The highest BCUT2D eigenvalue weighted by molar-refractivity contribution is 7.99. The number of anilines is 2. The maximum absolute atomic E-state index is 14.5. The monoisotopic (exact) mass is 475 g/mol. The van der Waals surface area contributed by atoms with Crippen LogP contribution in [0.25, 0.3) is 17.1 Å². The molecule has 6 nitrogen and oxygen atoms in total. The molecule has 0 aliphatic rings. The van der Waals surface area contributed by atoms with Gasteiger partial charge in [0, 0.05) is 30.2 Å². The minimum absolute atomic E-state index is 0.139. The van der Waals surface area contributed by atoms with Crippen LogP contribution in [-0.2, 0) is 4.79 Å². The molecule has 0 atom stereocenters. The molecule has 0 radical (unpaired) electrons. The summed E-state index contributed by atoms with van der Waals surface area (Å²) in [6.07, 6.45) is 0. The molecular weight excluding hydrogens is 449 g/mol. The minimum Gasteiger partial charge on any atom is -0.372 e. The molecule has 0 saturated carbocycles. The first-order chi connectivity index (χ1) is 16.6. The van der Waals surface area contributed by atoms with E-state index in [1.165, 1.54) is 17.8 Å². The van der Waals surface area contributed by atoms with E-state index in [2.05, 4.69) is 34.3 Å². The lowest BCUT2D eigenvalue weighted by atomic mass is 10.2. The summed E-state index contributed by atoms with van der Waals surface area (Å²) < 4.78 is 16.3. The summed E-state index contributed by atoms with van der Waals surface area (Å²) in [5.41, 5.74) is 3.00. The molecule has 0 aliphatic heterocycles. The maximum Gasteiger partial charge on any atom is 0.234 e. The van der Waals surface area contributed by atoms with Crippen molar-refractivity contribution in [2.24, 2.45) is 0 Å². The smallest absolute Gasteiger partial charge is 0.234 e. The lowest BCUT2D eigenvalue weighted by Crippen LogP contribution is -2.21. The van der Waals surface area contributed by atoms with Crippen LogP contribution in [-0.4, -0.2) is 39.5 Å². The molecule has 0 unspecified atom stereocenters. The number of nitrogens with one attached hydrogen (secondary N) is 1. The van der Waals surface area contributed by atoms with Gasteiger partial charge in [0.25, 0.3) is 0 Å². The summed E-state index contributed by atoms with van der Waals surface area (Å²) in [7, 11) is 0. The molecule has 0 spiro atoms. The molecule has 8 heteroatoms. The molecule has 174 valence electrons. The molecule has 0 bridgehead atoms. The maximum atomic E-state index is 14.5. The van der Waals surface area contributed by atoms with Crippen LogP contribution in [0.3, 0.4) is 0 Å². The number of hydrogen-bond donors (Lipinski definition) is 1. The van der Waals surface area contributed by atoms with Gasteiger partial charge in [-0.2, -0.15) is 0 Å². The van der Waals surface area contributed by atoms with Crippen molar-refractivity contribution in [3.05, 3.63) is 84.7 Å². The average Bonchev–Trinajstić information content (AvgIpc) is 3.29. The third kappa shape index (κ3) is 5.28. The summed E-state index contributed by atoms with van der Waals surface area (Å²) in [5, 5.41) is 11.9. The van der Waals surface area contributed by atoms with Crippen LogP contribution in [0.1, 0.15) is 13.8 Å². The zero-order valence-corrected chi connectivity index (χ0v) is 19.9. The first kappa shape index (κ1) is 23.5. The number of thioether (sulfide) groups is 1. The standard InChI is InChI=1S/C26H26FN5OS/c1-3-31(4-2)20-16-14-19(15-17-20)28-24(33)18-34-26-30-29-25(22-12-8-9-13-23(22)27)32(26)21-10-6-5-7-11-21/h5-17H,3-4,18H2,1-2H3,(H,28,33).